The first-order valence-electron chi connectivity index (χ1n) is 13.1. The highest BCUT2D eigenvalue weighted by molar-refractivity contribution is 7.92. The predicted molar refractivity (Wildman–Crippen MR) is 161 cm³/mol. The number of nitrogens with zero attached hydrogens (tertiary/aromatic N) is 2. The summed E-state index contributed by atoms with van der Waals surface area (Å²) in [5.74, 6) is -0.862. The van der Waals surface area contributed by atoms with E-state index in [1.165, 1.54) is 23.1 Å². The van der Waals surface area contributed by atoms with Gasteiger partial charge in [-0.05, 0) is 63.4 Å². The van der Waals surface area contributed by atoms with Crippen LogP contribution in [0.5, 0.6) is 0 Å². The molecule has 2 amide bonds. The van der Waals surface area contributed by atoms with E-state index in [2.05, 4.69) is 5.32 Å². The number of hydrogen-bond acceptors (Lipinski definition) is 4. The van der Waals surface area contributed by atoms with E-state index in [-0.39, 0.29) is 39.1 Å². The number of aryl methyl sites for hydroxylation is 1. The molecule has 3 rings (SSSR count). The van der Waals surface area contributed by atoms with Crippen molar-refractivity contribution in [3.8, 4) is 0 Å². The van der Waals surface area contributed by atoms with E-state index in [0.29, 0.717) is 6.42 Å². The Morgan fingerprint density at radius 3 is 2.20 bits per heavy atom. The van der Waals surface area contributed by atoms with E-state index >= 15 is 0 Å². The van der Waals surface area contributed by atoms with Gasteiger partial charge in [0, 0.05) is 12.6 Å². The third-order valence-electron chi connectivity index (χ3n) is 6.74. The molecule has 0 spiro atoms. The van der Waals surface area contributed by atoms with Crippen molar-refractivity contribution in [3.63, 3.8) is 0 Å². The molecule has 3 aromatic carbocycles. The summed E-state index contributed by atoms with van der Waals surface area (Å²) >= 11 is 12.7. The lowest BCUT2D eigenvalue weighted by Gasteiger charge is -2.32. The molecule has 2 atom stereocenters. The number of amides is 2. The maximum atomic E-state index is 13.9. The summed E-state index contributed by atoms with van der Waals surface area (Å²) in [6.45, 7) is 6.97. The van der Waals surface area contributed by atoms with Gasteiger partial charge in [-0.15, -0.1) is 0 Å². The minimum atomic E-state index is -4.23. The SMILES string of the molecule is CCC(C)NC(=O)C(C)N(CCc1ccccc1)C(=O)CN(c1cccc(Cl)c1Cl)S(=O)(=O)c1ccc(C)cc1. The Balaban J connectivity index is 2.01. The van der Waals surface area contributed by atoms with Crippen LogP contribution in [0.4, 0.5) is 5.69 Å². The fraction of sp³-hybridized carbons (Fsp3) is 0.333. The second-order valence-corrected chi connectivity index (χ2v) is 12.4. The van der Waals surface area contributed by atoms with Crippen molar-refractivity contribution < 1.29 is 18.0 Å². The number of nitrogens with one attached hydrogen (secondary N) is 1. The summed E-state index contributed by atoms with van der Waals surface area (Å²) in [6, 6.07) is 19.6. The Hall–Kier alpha value is -3.07. The Bertz CT molecular complexity index is 1420. The largest absolute Gasteiger partial charge is 0.352 e. The Morgan fingerprint density at radius 2 is 1.57 bits per heavy atom. The number of sulfonamides is 1. The molecule has 0 bridgehead atoms. The number of rotatable bonds is 12. The first-order chi connectivity index (χ1) is 18.9. The molecule has 0 saturated heterocycles. The lowest BCUT2D eigenvalue weighted by Crippen LogP contribution is -2.53. The molecule has 3 aromatic rings. The Kier molecular flexibility index (Phi) is 11.0. The highest BCUT2D eigenvalue weighted by Gasteiger charge is 2.33. The lowest BCUT2D eigenvalue weighted by molar-refractivity contribution is -0.139. The van der Waals surface area contributed by atoms with Crippen molar-refractivity contribution in [2.75, 3.05) is 17.4 Å². The minimum Gasteiger partial charge on any atom is -0.352 e. The molecule has 0 aliphatic heterocycles. The number of hydrogen-bond donors (Lipinski definition) is 1. The van der Waals surface area contributed by atoms with Crippen LogP contribution in [0.1, 0.15) is 38.3 Å². The number of carbonyl (C=O) groups is 2. The first-order valence-corrected chi connectivity index (χ1v) is 15.3. The van der Waals surface area contributed by atoms with Crippen molar-refractivity contribution in [1.82, 2.24) is 10.2 Å². The zero-order valence-corrected chi connectivity index (χ0v) is 25.4. The molecule has 0 fully saturated rings. The number of carbonyl (C=O) groups excluding carboxylic acids is 2. The van der Waals surface area contributed by atoms with Crippen molar-refractivity contribution in [1.29, 1.82) is 0 Å². The lowest BCUT2D eigenvalue weighted by atomic mass is 10.1. The molecule has 0 aromatic heterocycles. The smallest absolute Gasteiger partial charge is 0.264 e. The van der Waals surface area contributed by atoms with E-state index in [1.807, 2.05) is 51.1 Å². The maximum absolute atomic E-state index is 13.9. The number of benzene rings is 3. The maximum Gasteiger partial charge on any atom is 0.264 e. The second kappa shape index (κ2) is 14.0. The molecule has 0 aliphatic carbocycles. The molecular weight excluding hydrogens is 569 g/mol. The highest BCUT2D eigenvalue weighted by atomic mass is 35.5. The third-order valence-corrected chi connectivity index (χ3v) is 9.32. The van der Waals surface area contributed by atoms with Crippen LogP contribution in [-0.4, -0.2) is 50.3 Å². The molecule has 7 nitrogen and oxygen atoms in total. The topological polar surface area (TPSA) is 86.8 Å². The molecule has 2 unspecified atom stereocenters. The van der Waals surface area contributed by atoms with Gasteiger partial charge in [0.15, 0.2) is 0 Å². The van der Waals surface area contributed by atoms with Gasteiger partial charge in [-0.3, -0.25) is 13.9 Å². The van der Waals surface area contributed by atoms with Crippen LogP contribution in [0.15, 0.2) is 77.7 Å². The van der Waals surface area contributed by atoms with Crippen molar-refractivity contribution in [2.24, 2.45) is 0 Å². The van der Waals surface area contributed by atoms with Crippen LogP contribution in [0.2, 0.25) is 10.0 Å². The van der Waals surface area contributed by atoms with Crippen LogP contribution in [0.25, 0.3) is 0 Å². The quantitative estimate of drug-likeness (QED) is 0.280. The molecule has 214 valence electrons. The van der Waals surface area contributed by atoms with Crippen molar-refractivity contribution in [3.05, 3.63) is 94.0 Å². The Morgan fingerprint density at radius 1 is 0.925 bits per heavy atom. The zero-order valence-electron chi connectivity index (χ0n) is 23.1. The monoisotopic (exact) mass is 603 g/mol. The number of halogens is 2. The average molecular weight is 605 g/mol. The molecule has 0 heterocycles. The highest BCUT2D eigenvalue weighted by Crippen LogP contribution is 2.35. The molecule has 40 heavy (non-hydrogen) atoms. The van der Waals surface area contributed by atoms with E-state index in [0.717, 1.165) is 21.9 Å². The zero-order chi connectivity index (χ0) is 29.4. The summed E-state index contributed by atoms with van der Waals surface area (Å²) < 4.78 is 28.8. The summed E-state index contributed by atoms with van der Waals surface area (Å²) in [7, 11) is -4.23. The predicted octanol–water partition coefficient (Wildman–Crippen LogP) is 5.87. The normalized spacial score (nSPS) is 12.8. The molecule has 0 aliphatic rings. The molecule has 0 saturated carbocycles. The van der Waals surface area contributed by atoms with Gasteiger partial charge in [0.25, 0.3) is 10.0 Å². The van der Waals surface area contributed by atoms with Crippen LogP contribution in [0.3, 0.4) is 0 Å². The van der Waals surface area contributed by atoms with Gasteiger partial charge in [-0.25, -0.2) is 8.42 Å². The average Bonchev–Trinajstić information content (AvgIpc) is 2.94. The standard InChI is InChI=1S/C30H35Cl2N3O4S/c1-5-22(3)33-30(37)23(4)34(19-18-24-10-7-6-8-11-24)28(36)20-35(27-13-9-12-26(31)29(27)32)40(38,39)25-16-14-21(2)15-17-25/h6-17,22-23H,5,18-20H2,1-4H3,(H,33,37). The van der Waals surface area contributed by atoms with Crippen LogP contribution in [-0.2, 0) is 26.0 Å². The van der Waals surface area contributed by atoms with Gasteiger partial charge in [-0.2, -0.15) is 0 Å². The first kappa shape index (κ1) is 31.5. The van der Waals surface area contributed by atoms with Crippen molar-refractivity contribution in [2.45, 2.75) is 57.5 Å². The molecule has 1 N–H and O–H groups in total. The second-order valence-electron chi connectivity index (χ2n) is 9.71. The third kappa shape index (κ3) is 7.77. The van der Waals surface area contributed by atoms with E-state index in [9.17, 15) is 18.0 Å². The summed E-state index contributed by atoms with van der Waals surface area (Å²) in [6.07, 6.45) is 1.21. The summed E-state index contributed by atoms with van der Waals surface area (Å²) in [5, 5.41) is 3.08. The van der Waals surface area contributed by atoms with E-state index < -0.39 is 28.5 Å². The summed E-state index contributed by atoms with van der Waals surface area (Å²) in [5.41, 5.74) is 1.94. The molecular formula is C30H35Cl2N3O4S. The Labute approximate surface area is 247 Å². The van der Waals surface area contributed by atoms with Crippen LogP contribution >= 0.6 is 23.2 Å². The van der Waals surface area contributed by atoms with Crippen LogP contribution in [0, 0.1) is 6.92 Å². The van der Waals surface area contributed by atoms with Gasteiger partial charge in [0.1, 0.15) is 12.6 Å². The van der Waals surface area contributed by atoms with Gasteiger partial charge >= 0.3 is 0 Å². The molecule has 0 radical (unpaired) electrons. The molecule has 10 heteroatoms. The van der Waals surface area contributed by atoms with Gasteiger partial charge in [0.05, 0.1) is 20.6 Å². The fourth-order valence-electron chi connectivity index (χ4n) is 4.07. The van der Waals surface area contributed by atoms with E-state index in [4.69, 9.17) is 23.2 Å². The van der Waals surface area contributed by atoms with E-state index in [1.54, 1.807) is 31.2 Å². The van der Waals surface area contributed by atoms with Crippen LogP contribution < -0.4 is 9.62 Å². The fourth-order valence-corrected chi connectivity index (χ4v) is 5.95. The minimum absolute atomic E-state index is 0.000315. The van der Waals surface area contributed by atoms with Gasteiger partial charge in [-0.1, -0.05) is 84.2 Å². The van der Waals surface area contributed by atoms with Crippen molar-refractivity contribution >= 4 is 50.7 Å². The number of anilines is 1. The van der Waals surface area contributed by atoms with Gasteiger partial charge in [0.2, 0.25) is 11.8 Å². The summed E-state index contributed by atoms with van der Waals surface area (Å²) in [4.78, 5) is 28.5. The van der Waals surface area contributed by atoms with Gasteiger partial charge < -0.3 is 10.2 Å².